The van der Waals surface area contributed by atoms with E-state index in [1.54, 1.807) is 41.1 Å². The fourth-order valence-electron chi connectivity index (χ4n) is 3.19. The predicted molar refractivity (Wildman–Crippen MR) is 131 cm³/mol. The number of thioether (sulfide) groups is 1. The molecule has 0 bridgehead atoms. The van der Waals surface area contributed by atoms with Crippen molar-refractivity contribution >= 4 is 46.6 Å². The monoisotopic (exact) mass is 537 g/mol. The number of hydrogen-bond donors (Lipinski definition) is 1. The molecule has 180 valence electrons. The zero-order valence-corrected chi connectivity index (χ0v) is 20.1. The highest BCUT2D eigenvalue weighted by Crippen LogP contribution is 2.34. The topological polar surface area (TPSA) is 56.2 Å². The number of carbonyl (C=O) groups excluding carboxylic acids is 1. The highest BCUT2D eigenvalue weighted by atomic mass is 35.5. The molecular formula is C24H16Cl2F3N3O2S. The summed E-state index contributed by atoms with van der Waals surface area (Å²) in [5.41, 5.74) is 2.48. The van der Waals surface area contributed by atoms with Gasteiger partial charge in [-0.2, -0.15) is 0 Å². The van der Waals surface area contributed by atoms with Crippen molar-refractivity contribution in [1.82, 2.24) is 9.55 Å². The molecule has 3 aromatic carbocycles. The Hall–Kier alpha value is -3.14. The number of aromatic nitrogens is 2. The first-order valence-electron chi connectivity index (χ1n) is 10.1. The van der Waals surface area contributed by atoms with E-state index in [4.69, 9.17) is 23.2 Å². The van der Waals surface area contributed by atoms with Crippen LogP contribution in [0.5, 0.6) is 5.75 Å². The summed E-state index contributed by atoms with van der Waals surface area (Å²) in [4.78, 5) is 16.9. The Bertz CT molecular complexity index is 1330. The van der Waals surface area contributed by atoms with Gasteiger partial charge in [0.05, 0.1) is 27.7 Å². The van der Waals surface area contributed by atoms with Crippen molar-refractivity contribution in [2.75, 3.05) is 11.1 Å². The van der Waals surface area contributed by atoms with Crippen molar-refractivity contribution in [3.63, 3.8) is 0 Å². The zero-order valence-electron chi connectivity index (χ0n) is 17.7. The minimum Gasteiger partial charge on any atom is -0.406 e. The molecule has 1 heterocycles. The van der Waals surface area contributed by atoms with Crippen LogP contribution in [0.15, 0.2) is 84.1 Å². The van der Waals surface area contributed by atoms with Gasteiger partial charge in [-0.25, -0.2) is 4.98 Å². The normalized spacial score (nSPS) is 11.3. The maximum Gasteiger partial charge on any atom is 0.573 e. The summed E-state index contributed by atoms with van der Waals surface area (Å²) in [5.74, 6) is -0.531. The summed E-state index contributed by atoms with van der Waals surface area (Å²) in [6, 6.07) is 19.4. The molecule has 0 aliphatic rings. The predicted octanol–water partition coefficient (Wildman–Crippen LogP) is 7.48. The van der Waals surface area contributed by atoms with Crippen molar-refractivity contribution in [3.05, 3.63) is 89.0 Å². The van der Waals surface area contributed by atoms with Crippen LogP contribution in [0.3, 0.4) is 0 Å². The molecule has 0 atom stereocenters. The first-order chi connectivity index (χ1) is 16.7. The molecule has 1 amide bonds. The van der Waals surface area contributed by atoms with Crippen LogP contribution in [0.2, 0.25) is 10.0 Å². The Morgan fingerprint density at radius 3 is 2.37 bits per heavy atom. The number of ether oxygens (including phenoxy) is 1. The summed E-state index contributed by atoms with van der Waals surface area (Å²) < 4.78 is 43.4. The summed E-state index contributed by atoms with van der Waals surface area (Å²) in [6.45, 7) is 0. The van der Waals surface area contributed by atoms with Crippen LogP contribution < -0.4 is 10.1 Å². The van der Waals surface area contributed by atoms with Gasteiger partial charge in [-0.15, -0.1) is 13.2 Å². The third kappa shape index (κ3) is 6.50. The highest BCUT2D eigenvalue weighted by Gasteiger charge is 2.31. The van der Waals surface area contributed by atoms with Gasteiger partial charge in [-0.1, -0.05) is 59.2 Å². The third-order valence-corrected chi connectivity index (χ3v) is 6.35. The first-order valence-corrected chi connectivity index (χ1v) is 11.8. The van der Waals surface area contributed by atoms with E-state index in [0.29, 0.717) is 37.8 Å². The van der Waals surface area contributed by atoms with Crippen molar-refractivity contribution in [1.29, 1.82) is 0 Å². The standard InChI is InChI=1S/C24H16Cl2F3N3O2S/c25-19-11-6-15(12-20(19)26)21-13-30-23(35-14-22(33)31-16-4-2-1-3-5-16)32(21)17-7-9-18(10-8-17)34-24(27,28)29/h1-13H,14H2,(H,31,33). The van der Waals surface area contributed by atoms with Crippen LogP contribution in [0.4, 0.5) is 18.9 Å². The Balaban J connectivity index is 1.64. The van der Waals surface area contributed by atoms with Crippen LogP contribution in [0.25, 0.3) is 16.9 Å². The molecule has 5 nitrogen and oxygen atoms in total. The number of imidazole rings is 1. The van der Waals surface area contributed by atoms with Gasteiger partial charge in [0.1, 0.15) is 5.75 Å². The molecule has 0 aliphatic heterocycles. The summed E-state index contributed by atoms with van der Waals surface area (Å²) in [6.07, 6.45) is -3.20. The Labute approximate surface area is 212 Å². The molecule has 0 saturated carbocycles. The second-order valence-electron chi connectivity index (χ2n) is 7.13. The van der Waals surface area contributed by atoms with Crippen LogP contribution in [0, 0.1) is 0 Å². The van der Waals surface area contributed by atoms with Crippen LogP contribution in [0.1, 0.15) is 0 Å². The van der Waals surface area contributed by atoms with Gasteiger partial charge in [0.25, 0.3) is 0 Å². The zero-order chi connectivity index (χ0) is 25.0. The van der Waals surface area contributed by atoms with E-state index in [9.17, 15) is 18.0 Å². The Kier molecular flexibility index (Phi) is 7.59. The largest absolute Gasteiger partial charge is 0.573 e. The highest BCUT2D eigenvalue weighted by molar-refractivity contribution is 7.99. The fourth-order valence-corrected chi connectivity index (χ4v) is 4.28. The van der Waals surface area contributed by atoms with Crippen molar-refractivity contribution in [2.45, 2.75) is 11.5 Å². The number of para-hydroxylation sites is 1. The van der Waals surface area contributed by atoms with Gasteiger partial charge in [0.2, 0.25) is 5.91 Å². The van der Waals surface area contributed by atoms with E-state index in [1.165, 1.54) is 36.0 Å². The SMILES string of the molecule is O=C(CSc1ncc(-c2ccc(Cl)c(Cl)c2)n1-c1ccc(OC(F)(F)F)cc1)Nc1ccccc1. The molecule has 0 spiro atoms. The number of benzene rings is 3. The molecule has 1 aromatic heterocycles. The maximum atomic E-state index is 12.6. The quantitative estimate of drug-likeness (QED) is 0.248. The van der Waals surface area contributed by atoms with Crippen LogP contribution >= 0.6 is 35.0 Å². The molecule has 0 saturated heterocycles. The van der Waals surface area contributed by atoms with Gasteiger partial charge < -0.3 is 10.1 Å². The second kappa shape index (κ2) is 10.6. The number of hydrogen-bond acceptors (Lipinski definition) is 4. The van der Waals surface area contributed by atoms with E-state index in [1.807, 2.05) is 18.2 Å². The lowest BCUT2D eigenvalue weighted by Gasteiger charge is -2.14. The number of anilines is 1. The smallest absolute Gasteiger partial charge is 0.406 e. The molecule has 4 aromatic rings. The van der Waals surface area contributed by atoms with Gasteiger partial charge >= 0.3 is 6.36 Å². The average Bonchev–Trinajstić information content (AvgIpc) is 3.23. The summed E-state index contributed by atoms with van der Waals surface area (Å²) in [5, 5.41) is 3.97. The molecule has 0 radical (unpaired) electrons. The van der Waals surface area contributed by atoms with Gasteiger partial charge in [0.15, 0.2) is 5.16 Å². The van der Waals surface area contributed by atoms with Crippen LogP contribution in [-0.4, -0.2) is 27.6 Å². The molecule has 0 unspecified atom stereocenters. The number of amides is 1. The van der Waals surface area contributed by atoms with E-state index < -0.39 is 6.36 Å². The van der Waals surface area contributed by atoms with Crippen molar-refractivity contribution in [2.24, 2.45) is 0 Å². The second-order valence-corrected chi connectivity index (χ2v) is 8.89. The third-order valence-electron chi connectivity index (χ3n) is 4.66. The molecule has 0 aliphatic carbocycles. The van der Waals surface area contributed by atoms with E-state index in [-0.39, 0.29) is 17.4 Å². The van der Waals surface area contributed by atoms with Gasteiger partial charge in [-0.3, -0.25) is 9.36 Å². The summed E-state index contributed by atoms with van der Waals surface area (Å²) >= 11 is 13.4. The minimum atomic E-state index is -4.80. The van der Waals surface area contributed by atoms with E-state index >= 15 is 0 Å². The summed E-state index contributed by atoms with van der Waals surface area (Å²) in [7, 11) is 0. The molecule has 35 heavy (non-hydrogen) atoms. The number of nitrogens with zero attached hydrogens (tertiary/aromatic N) is 2. The molecule has 11 heteroatoms. The number of rotatable bonds is 7. The van der Waals surface area contributed by atoms with Crippen molar-refractivity contribution in [3.8, 4) is 22.7 Å². The molecule has 0 fully saturated rings. The lowest BCUT2D eigenvalue weighted by atomic mass is 10.1. The number of alkyl halides is 3. The molecular weight excluding hydrogens is 522 g/mol. The Morgan fingerprint density at radius 1 is 1.00 bits per heavy atom. The molecule has 4 rings (SSSR count). The number of carbonyl (C=O) groups is 1. The number of nitrogens with one attached hydrogen (secondary N) is 1. The van der Waals surface area contributed by atoms with Crippen molar-refractivity contribution < 1.29 is 22.7 Å². The number of halogens is 5. The van der Waals surface area contributed by atoms with Gasteiger partial charge in [0, 0.05) is 16.9 Å². The van der Waals surface area contributed by atoms with Crippen LogP contribution in [-0.2, 0) is 4.79 Å². The first kappa shape index (κ1) is 25.0. The van der Waals surface area contributed by atoms with E-state index in [2.05, 4.69) is 15.0 Å². The minimum absolute atomic E-state index is 0.0575. The van der Waals surface area contributed by atoms with Gasteiger partial charge in [-0.05, 0) is 48.5 Å². The average molecular weight is 538 g/mol. The lowest BCUT2D eigenvalue weighted by molar-refractivity contribution is -0.274. The maximum absolute atomic E-state index is 12.6. The molecule has 1 N–H and O–H groups in total. The fraction of sp³-hybridized carbons (Fsp3) is 0.0833. The van der Waals surface area contributed by atoms with E-state index in [0.717, 1.165) is 0 Å². The lowest BCUT2D eigenvalue weighted by Crippen LogP contribution is -2.17. The Morgan fingerprint density at radius 2 is 1.71 bits per heavy atom.